The number of anilines is 1. The smallest absolute Gasteiger partial charge is 0.316 e. The third-order valence-corrected chi connectivity index (χ3v) is 3.08. The Balaban J connectivity index is 1.90. The number of benzene rings is 1. The highest BCUT2D eigenvalue weighted by Crippen LogP contribution is 2.24. The van der Waals surface area contributed by atoms with Crippen molar-refractivity contribution in [3.05, 3.63) is 36.0 Å². The molecule has 0 unspecified atom stereocenters. The van der Waals surface area contributed by atoms with Crippen molar-refractivity contribution in [2.75, 3.05) is 11.9 Å². The van der Waals surface area contributed by atoms with E-state index in [1.54, 1.807) is 24.3 Å². The minimum atomic E-state index is -0.661. The molecule has 1 aromatic heterocycles. The molecule has 0 radical (unpaired) electrons. The van der Waals surface area contributed by atoms with Crippen LogP contribution in [0.3, 0.4) is 0 Å². The first kappa shape index (κ1) is 19.9. The average molecular weight is 375 g/mol. The molecule has 0 bridgehead atoms. The molecular weight excluding hydrogens is 354 g/mol. The topological polar surface area (TPSA) is 135 Å². The monoisotopic (exact) mass is 375 g/mol. The van der Waals surface area contributed by atoms with E-state index in [0.717, 1.165) is 0 Å². The van der Waals surface area contributed by atoms with Crippen molar-refractivity contribution < 1.29 is 23.6 Å². The third kappa shape index (κ3) is 6.42. The lowest BCUT2D eigenvalue weighted by molar-refractivity contribution is -0.120. The SMILES string of the molecule is CC(=O)Nc1ccccc1OCc1noc(C(=O)NCC(=O)NC(C)C)n1. The van der Waals surface area contributed by atoms with E-state index in [0.29, 0.717) is 11.4 Å². The molecule has 1 aromatic carbocycles. The zero-order chi connectivity index (χ0) is 19.8. The molecule has 10 nitrogen and oxygen atoms in total. The minimum Gasteiger partial charge on any atom is -0.483 e. The summed E-state index contributed by atoms with van der Waals surface area (Å²) in [6.07, 6.45) is 0. The highest BCUT2D eigenvalue weighted by Gasteiger charge is 2.17. The Morgan fingerprint density at radius 3 is 2.67 bits per heavy atom. The molecule has 0 saturated heterocycles. The first-order chi connectivity index (χ1) is 12.8. The summed E-state index contributed by atoms with van der Waals surface area (Å²) in [6.45, 7) is 4.75. The van der Waals surface area contributed by atoms with Crippen LogP contribution in [-0.2, 0) is 16.2 Å². The maximum absolute atomic E-state index is 11.9. The number of hydrogen-bond donors (Lipinski definition) is 3. The predicted octanol–water partition coefficient (Wildman–Crippen LogP) is 0.861. The summed E-state index contributed by atoms with van der Waals surface area (Å²) in [6, 6.07) is 6.84. The largest absolute Gasteiger partial charge is 0.483 e. The van der Waals surface area contributed by atoms with Crippen LogP contribution < -0.4 is 20.7 Å². The number of carbonyl (C=O) groups excluding carboxylic acids is 3. The van der Waals surface area contributed by atoms with Gasteiger partial charge in [-0.1, -0.05) is 17.3 Å². The van der Waals surface area contributed by atoms with Crippen molar-refractivity contribution in [1.82, 2.24) is 20.8 Å². The first-order valence-corrected chi connectivity index (χ1v) is 8.24. The van der Waals surface area contributed by atoms with Gasteiger partial charge in [-0.2, -0.15) is 4.98 Å². The van der Waals surface area contributed by atoms with Gasteiger partial charge in [0.1, 0.15) is 5.75 Å². The van der Waals surface area contributed by atoms with Gasteiger partial charge in [0.2, 0.25) is 17.6 Å². The Morgan fingerprint density at radius 2 is 1.96 bits per heavy atom. The van der Waals surface area contributed by atoms with Crippen molar-refractivity contribution in [2.24, 2.45) is 0 Å². The van der Waals surface area contributed by atoms with E-state index in [2.05, 4.69) is 26.1 Å². The van der Waals surface area contributed by atoms with Gasteiger partial charge in [-0.15, -0.1) is 0 Å². The highest BCUT2D eigenvalue weighted by atomic mass is 16.5. The summed E-state index contributed by atoms with van der Waals surface area (Å²) in [5.74, 6) is -0.923. The van der Waals surface area contributed by atoms with Crippen LogP contribution in [0.15, 0.2) is 28.8 Å². The maximum atomic E-state index is 11.9. The molecule has 0 aliphatic rings. The highest BCUT2D eigenvalue weighted by molar-refractivity contribution is 5.92. The quantitative estimate of drug-likeness (QED) is 0.622. The van der Waals surface area contributed by atoms with Crippen molar-refractivity contribution in [1.29, 1.82) is 0 Å². The fourth-order valence-electron chi connectivity index (χ4n) is 2.04. The van der Waals surface area contributed by atoms with Gasteiger partial charge in [0.05, 0.1) is 12.2 Å². The van der Waals surface area contributed by atoms with Gasteiger partial charge in [-0.25, -0.2) is 0 Å². The van der Waals surface area contributed by atoms with Crippen LogP contribution in [0.4, 0.5) is 5.69 Å². The van der Waals surface area contributed by atoms with Gasteiger partial charge < -0.3 is 25.2 Å². The number of para-hydroxylation sites is 2. The predicted molar refractivity (Wildman–Crippen MR) is 95.0 cm³/mol. The number of rotatable bonds is 8. The molecule has 2 rings (SSSR count). The second kappa shape index (κ2) is 9.32. The lowest BCUT2D eigenvalue weighted by Crippen LogP contribution is -2.39. The zero-order valence-electron chi connectivity index (χ0n) is 15.2. The lowest BCUT2D eigenvalue weighted by atomic mass is 10.3. The van der Waals surface area contributed by atoms with Gasteiger partial charge in [-0.05, 0) is 26.0 Å². The van der Waals surface area contributed by atoms with Gasteiger partial charge in [-0.3, -0.25) is 14.4 Å². The van der Waals surface area contributed by atoms with E-state index in [4.69, 9.17) is 9.26 Å². The molecular formula is C17H21N5O5. The van der Waals surface area contributed by atoms with E-state index in [-0.39, 0.29) is 42.7 Å². The van der Waals surface area contributed by atoms with Crippen LogP contribution in [0.25, 0.3) is 0 Å². The Labute approximate surface area is 155 Å². The van der Waals surface area contributed by atoms with Crippen LogP contribution in [-0.4, -0.2) is 40.4 Å². The molecule has 0 fully saturated rings. The van der Waals surface area contributed by atoms with E-state index in [1.165, 1.54) is 6.92 Å². The Morgan fingerprint density at radius 1 is 1.22 bits per heavy atom. The molecule has 144 valence electrons. The summed E-state index contributed by atoms with van der Waals surface area (Å²) in [5, 5.41) is 11.3. The average Bonchev–Trinajstić information content (AvgIpc) is 3.07. The number of hydrogen-bond acceptors (Lipinski definition) is 7. The fourth-order valence-corrected chi connectivity index (χ4v) is 2.04. The number of nitrogens with zero attached hydrogens (tertiary/aromatic N) is 2. The van der Waals surface area contributed by atoms with E-state index in [1.807, 2.05) is 13.8 Å². The standard InChI is InChI=1S/C17H21N5O5/c1-10(2)19-15(24)8-18-16(25)17-21-14(22-27-17)9-26-13-7-5-4-6-12(13)20-11(3)23/h4-7,10H,8-9H2,1-3H3,(H,18,25)(H,19,24)(H,20,23). The third-order valence-electron chi connectivity index (χ3n) is 3.08. The van der Waals surface area contributed by atoms with Crippen molar-refractivity contribution >= 4 is 23.4 Å². The summed E-state index contributed by atoms with van der Waals surface area (Å²) in [5.41, 5.74) is 0.502. The van der Waals surface area contributed by atoms with Crippen molar-refractivity contribution in [3.8, 4) is 5.75 Å². The molecule has 0 atom stereocenters. The summed E-state index contributed by atoms with van der Waals surface area (Å²) >= 11 is 0. The van der Waals surface area contributed by atoms with Gasteiger partial charge in [0, 0.05) is 13.0 Å². The molecule has 0 spiro atoms. The number of aromatic nitrogens is 2. The molecule has 0 aliphatic carbocycles. The second-order valence-corrected chi connectivity index (χ2v) is 5.89. The van der Waals surface area contributed by atoms with Crippen LogP contribution in [0, 0.1) is 0 Å². The molecule has 3 amide bonds. The lowest BCUT2D eigenvalue weighted by Gasteiger charge is -2.09. The number of nitrogens with one attached hydrogen (secondary N) is 3. The summed E-state index contributed by atoms with van der Waals surface area (Å²) in [4.78, 5) is 38.6. The maximum Gasteiger partial charge on any atom is 0.316 e. The normalized spacial score (nSPS) is 10.4. The minimum absolute atomic E-state index is 0.0260. The molecule has 10 heteroatoms. The zero-order valence-corrected chi connectivity index (χ0v) is 15.2. The van der Waals surface area contributed by atoms with Gasteiger partial charge >= 0.3 is 11.8 Å². The number of amides is 3. The van der Waals surface area contributed by atoms with Gasteiger partial charge in [0.25, 0.3) is 0 Å². The van der Waals surface area contributed by atoms with Crippen LogP contribution in [0.2, 0.25) is 0 Å². The summed E-state index contributed by atoms with van der Waals surface area (Å²) in [7, 11) is 0. The molecule has 3 N–H and O–H groups in total. The number of carbonyl (C=O) groups is 3. The van der Waals surface area contributed by atoms with E-state index < -0.39 is 5.91 Å². The Hall–Kier alpha value is -3.43. The summed E-state index contributed by atoms with van der Waals surface area (Å²) < 4.78 is 10.4. The van der Waals surface area contributed by atoms with E-state index >= 15 is 0 Å². The Kier molecular flexibility index (Phi) is 6.86. The van der Waals surface area contributed by atoms with E-state index in [9.17, 15) is 14.4 Å². The van der Waals surface area contributed by atoms with Crippen LogP contribution in [0.5, 0.6) is 5.75 Å². The fraction of sp³-hybridized carbons (Fsp3) is 0.353. The molecule has 27 heavy (non-hydrogen) atoms. The number of ether oxygens (including phenoxy) is 1. The molecule has 0 aliphatic heterocycles. The molecule has 1 heterocycles. The van der Waals surface area contributed by atoms with Crippen LogP contribution >= 0.6 is 0 Å². The van der Waals surface area contributed by atoms with Gasteiger partial charge in [0.15, 0.2) is 6.61 Å². The molecule has 0 saturated carbocycles. The van der Waals surface area contributed by atoms with Crippen molar-refractivity contribution in [2.45, 2.75) is 33.4 Å². The van der Waals surface area contributed by atoms with Crippen LogP contribution in [0.1, 0.15) is 37.3 Å². The Bertz CT molecular complexity index is 818. The first-order valence-electron chi connectivity index (χ1n) is 8.24. The molecule has 2 aromatic rings. The van der Waals surface area contributed by atoms with Crippen molar-refractivity contribution in [3.63, 3.8) is 0 Å². The second-order valence-electron chi connectivity index (χ2n) is 5.89.